The minimum absolute atomic E-state index is 0.0636. The number of halogens is 4. The minimum atomic E-state index is -1.36. The third-order valence-corrected chi connectivity index (χ3v) is 2.42. The quantitative estimate of drug-likeness (QED) is 0.517. The van der Waals surface area contributed by atoms with Gasteiger partial charge in [0.05, 0.1) is 5.56 Å². The number of benzene rings is 2. The molecule has 0 aromatic heterocycles. The van der Waals surface area contributed by atoms with E-state index in [1.165, 1.54) is 0 Å². The Kier molecular flexibility index (Phi) is 3.25. The van der Waals surface area contributed by atoms with Crippen LogP contribution in [0.15, 0.2) is 30.3 Å². The summed E-state index contributed by atoms with van der Waals surface area (Å²) in [5.74, 6) is -5.78. The lowest BCUT2D eigenvalue weighted by molar-refractivity contribution is 0.103. The summed E-state index contributed by atoms with van der Waals surface area (Å²) in [7, 11) is 0. The van der Waals surface area contributed by atoms with Crippen molar-refractivity contribution in [1.29, 1.82) is 0 Å². The molecule has 0 atom stereocenters. The Balaban J connectivity index is 2.56. The van der Waals surface area contributed by atoms with Crippen molar-refractivity contribution in [3.63, 3.8) is 0 Å². The number of anilines is 1. The number of hydrogen-bond donors (Lipinski definition) is 1. The summed E-state index contributed by atoms with van der Waals surface area (Å²) in [6.45, 7) is 0. The zero-order chi connectivity index (χ0) is 14.2. The first-order valence-corrected chi connectivity index (χ1v) is 5.14. The molecule has 6 heteroatoms. The smallest absolute Gasteiger partial charge is 0.199 e. The van der Waals surface area contributed by atoms with Gasteiger partial charge in [0.2, 0.25) is 0 Å². The van der Waals surface area contributed by atoms with Gasteiger partial charge in [-0.15, -0.1) is 0 Å². The van der Waals surface area contributed by atoms with Gasteiger partial charge in [-0.3, -0.25) is 4.79 Å². The van der Waals surface area contributed by atoms with E-state index < -0.39 is 34.6 Å². The Hall–Kier alpha value is -2.37. The second kappa shape index (κ2) is 4.72. The molecule has 0 spiro atoms. The number of carbonyl (C=O) groups is 1. The van der Waals surface area contributed by atoms with E-state index in [1.807, 2.05) is 0 Å². The van der Waals surface area contributed by atoms with Crippen LogP contribution >= 0.6 is 0 Å². The Morgan fingerprint density at radius 1 is 0.842 bits per heavy atom. The van der Waals surface area contributed by atoms with Crippen molar-refractivity contribution in [3.05, 3.63) is 64.7 Å². The van der Waals surface area contributed by atoms with Gasteiger partial charge in [0.25, 0.3) is 0 Å². The van der Waals surface area contributed by atoms with Gasteiger partial charge in [-0.25, -0.2) is 17.6 Å². The molecule has 0 amide bonds. The molecule has 2 rings (SSSR count). The minimum Gasteiger partial charge on any atom is -0.399 e. The topological polar surface area (TPSA) is 43.1 Å². The zero-order valence-corrected chi connectivity index (χ0v) is 9.38. The van der Waals surface area contributed by atoms with E-state index in [0.717, 1.165) is 18.2 Å². The fourth-order valence-electron chi connectivity index (χ4n) is 1.65. The highest BCUT2D eigenvalue weighted by atomic mass is 19.1. The largest absolute Gasteiger partial charge is 0.399 e. The molecule has 0 saturated heterocycles. The molecule has 0 heterocycles. The van der Waals surface area contributed by atoms with Crippen molar-refractivity contribution in [3.8, 4) is 0 Å². The van der Waals surface area contributed by atoms with E-state index >= 15 is 0 Å². The molecular formula is C13H7F4NO. The van der Waals surface area contributed by atoms with Crippen molar-refractivity contribution in [2.24, 2.45) is 0 Å². The SMILES string of the molecule is Nc1cc(F)cc(C(=O)c2c(F)cc(F)cc2F)c1. The highest BCUT2D eigenvalue weighted by Crippen LogP contribution is 2.20. The molecule has 0 aliphatic carbocycles. The maximum atomic E-state index is 13.4. The average molecular weight is 269 g/mol. The first kappa shape index (κ1) is 13.1. The molecule has 2 aromatic carbocycles. The molecule has 2 N–H and O–H groups in total. The fourth-order valence-corrected chi connectivity index (χ4v) is 1.65. The van der Waals surface area contributed by atoms with Crippen molar-refractivity contribution in [1.82, 2.24) is 0 Å². The van der Waals surface area contributed by atoms with Crippen molar-refractivity contribution in [2.75, 3.05) is 5.73 Å². The van der Waals surface area contributed by atoms with Gasteiger partial charge in [0, 0.05) is 23.4 Å². The van der Waals surface area contributed by atoms with Gasteiger partial charge in [-0.2, -0.15) is 0 Å². The highest BCUT2D eigenvalue weighted by Gasteiger charge is 2.21. The average Bonchev–Trinajstić information content (AvgIpc) is 2.25. The number of carbonyl (C=O) groups excluding carboxylic acids is 1. The Morgan fingerprint density at radius 3 is 1.89 bits per heavy atom. The summed E-state index contributed by atoms with van der Waals surface area (Å²) < 4.78 is 52.7. The molecule has 0 fully saturated rings. The summed E-state index contributed by atoms with van der Waals surface area (Å²) in [5.41, 5.74) is 4.00. The van der Waals surface area contributed by atoms with Crippen LogP contribution in [0.25, 0.3) is 0 Å². The van der Waals surface area contributed by atoms with E-state index in [2.05, 4.69) is 0 Å². The Morgan fingerprint density at radius 2 is 1.37 bits per heavy atom. The second-order valence-corrected chi connectivity index (χ2v) is 3.85. The van der Waals surface area contributed by atoms with Crippen LogP contribution in [-0.4, -0.2) is 5.78 Å². The first-order valence-electron chi connectivity index (χ1n) is 5.14. The standard InChI is InChI=1S/C13H7F4NO/c14-7-1-6(2-9(18)3-7)13(19)12-10(16)4-8(15)5-11(12)17/h1-5H,18H2. The Labute approximate surface area is 105 Å². The summed E-state index contributed by atoms with van der Waals surface area (Å²) in [6, 6.07) is 3.57. The van der Waals surface area contributed by atoms with Crippen LogP contribution < -0.4 is 5.73 Å². The third kappa shape index (κ3) is 2.57. The van der Waals surface area contributed by atoms with Gasteiger partial charge in [-0.1, -0.05) is 0 Å². The predicted octanol–water partition coefficient (Wildman–Crippen LogP) is 3.06. The molecule has 0 bridgehead atoms. The van der Waals surface area contributed by atoms with E-state index in [1.54, 1.807) is 0 Å². The number of nitrogen functional groups attached to an aromatic ring is 1. The van der Waals surface area contributed by atoms with Gasteiger partial charge >= 0.3 is 0 Å². The molecule has 19 heavy (non-hydrogen) atoms. The molecule has 0 aliphatic rings. The molecule has 0 aliphatic heterocycles. The molecule has 2 nitrogen and oxygen atoms in total. The summed E-state index contributed by atoms with van der Waals surface area (Å²) in [6.07, 6.45) is 0. The molecular weight excluding hydrogens is 262 g/mol. The number of hydrogen-bond acceptors (Lipinski definition) is 2. The van der Waals surface area contributed by atoms with Crippen molar-refractivity contribution < 1.29 is 22.4 Å². The van der Waals surface area contributed by atoms with E-state index in [9.17, 15) is 22.4 Å². The van der Waals surface area contributed by atoms with Crippen molar-refractivity contribution in [2.45, 2.75) is 0 Å². The van der Waals surface area contributed by atoms with Gasteiger partial charge in [0.1, 0.15) is 23.3 Å². The molecule has 0 radical (unpaired) electrons. The van der Waals surface area contributed by atoms with Gasteiger partial charge in [-0.05, 0) is 18.2 Å². The summed E-state index contributed by atoms with van der Waals surface area (Å²) in [4.78, 5) is 11.9. The van der Waals surface area contributed by atoms with E-state index in [-0.39, 0.29) is 11.3 Å². The third-order valence-electron chi connectivity index (χ3n) is 2.42. The summed E-state index contributed by atoms with van der Waals surface area (Å²) >= 11 is 0. The van der Waals surface area contributed by atoms with E-state index in [4.69, 9.17) is 5.73 Å². The lowest BCUT2D eigenvalue weighted by atomic mass is 10.0. The molecule has 2 aromatic rings. The number of rotatable bonds is 2. The summed E-state index contributed by atoms with van der Waals surface area (Å²) in [5, 5.41) is 0. The lowest BCUT2D eigenvalue weighted by Gasteiger charge is -2.06. The number of nitrogens with two attached hydrogens (primary N) is 1. The van der Waals surface area contributed by atoms with Crippen LogP contribution in [0.5, 0.6) is 0 Å². The Bertz CT molecular complexity index is 626. The van der Waals surface area contributed by atoms with Crippen LogP contribution in [-0.2, 0) is 0 Å². The van der Waals surface area contributed by atoms with Crippen LogP contribution in [0.2, 0.25) is 0 Å². The zero-order valence-electron chi connectivity index (χ0n) is 9.38. The maximum absolute atomic E-state index is 13.4. The highest BCUT2D eigenvalue weighted by molar-refractivity contribution is 6.09. The van der Waals surface area contributed by atoms with Crippen LogP contribution in [0, 0.1) is 23.3 Å². The van der Waals surface area contributed by atoms with Gasteiger partial charge in [0.15, 0.2) is 5.78 Å². The van der Waals surface area contributed by atoms with E-state index in [0.29, 0.717) is 12.1 Å². The molecule has 0 saturated carbocycles. The van der Waals surface area contributed by atoms with Crippen LogP contribution in [0.1, 0.15) is 15.9 Å². The molecule has 98 valence electrons. The maximum Gasteiger partial charge on any atom is 0.199 e. The van der Waals surface area contributed by atoms with Gasteiger partial charge < -0.3 is 5.73 Å². The predicted molar refractivity (Wildman–Crippen MR) is 60.6 cm³/mol. The monoisotopic (exact) mass is 269 g/mol. The molecule has 0 unspecified atom stereocenters. The lowest BCUT2D eigenvalue weighted by Crippen LogP contribution is -2.09. The second-order valence-electron chi connectivity index (χ2n) is 3.85. The van der Waals surface area contributed by atoms with Crippen LogP contribution in [0.4, 0.5) is 23.2 Å². The number of ketones is 1. The first-order chi connectivity index (χ1) is 8.88. The fraction of sp³-hybridized carbons (Fsp3) is 0. The van der Waals surface area contributed by atoms with Crippen molar-refractivity contribution >= 4 is 11.5 Å². The van der Waals surface area contributed by atoms with Crippen LogP contribution in [0.3, 0.4) is 0 Å². The normalized spacial score (nSPS) is 10.5.